The van der Waals surface area contributed by atoms with Gasteiger partial charge in [-0.2, -0.15) is 42.5 Å². The number of hydrogen-bond donors (Lipinski definition) is 0. The summed E-state index contributed by atoms with van der Waals surface area (Å²) < 4.78 is 85.1. The Balaban J connectivity index is 4.56. The monoisotopic (exact) mass is 284 g/mol. The van der Waals surface area contributed by atoms with Crippen molar-refractivity contribution < 1.29 is 30.7 Å². The van der Waals surface area contributed by atoms with E-state index in [9.17, 15) is 30.7 Å². The molecule has 17 heavy (non-hydrogen) atoms. The molecule has 0 aliphatic rings. The van der Waals surface area contributed by atoms with Gasteiger partial charge in [-0.1, -0.05) is 13.0 Å². The van der Waals surface area contributed by atoms with Gasteiger partial charge in [-0.3, -0.25) is 0 Å². The molecule has 0 bridgehead atoms. The number of allylic oxidation sites excluding steroid dienone is 1. The van der Waals surface area contributed by atoms with Crippen molar-refractivity contribution in [1.29, 1.82) is 0 Å². The van der Waals surface area contributed by atoms with Crippen LogP contribution in [0.2, 0.25) is 0 Å². The first-order valence-corrected chi connectivity index (χ1v) is 5.79. The van der Waals surface area contributed by atoms with Crippen LogP contribution in [0, 0.1) is 0 Å². The van der Waals surface area contributed by atoms with Gasteiger partial charge in [-0.15, -0.1) is 0 Å². The normalized spacial score (nSPS) is 14.6. The first kappa shape index (κ1) is 16.6. The van der Waals surface area contributed by atoms with Crippen molar-refractivity contribution in [2.75, 3.05) is 11.5 Å². The maximum atomic E-state index is 12.6. The van der Waals surface area contributed by atoms with Crippen molar-refractivity contribution in [3.63, 3.8) is 0 Å². The lowest BCUT2D eigenvalue weighted by atomic mass is 10.1. The topological polar surface area (TPSA) is 0 Å². The van der Waals surface area contributed by atoms with Gasteiger partial charge in [0.1, 0.15) is 0 Å². The van der Waals surface area contributed by atoms with E-state index in [1.54, 1.807) is 0 Å². The summed E-state index contributed by atoms with van der Waals surface area (Å²) >= 11 is 1.17. The highest BCUT2D eigenvalue weighted by Gasteiger charge is 2.71. The summed E-state index contributed by atoms with van der Waals surface area (Å²) in [4.78, 5) is 0. The van der Waals surface area contributed by atoms with Crippen LogP contribution in [-0.4, -0.2) is 29.5 Å². The highest BCUT2D eigenvalue weighted by Crippen LogP contribution is 2.47. The van der Waals surface area contributed by atoms with E-state index in [-0.39, 0.29) is 11.8 Å². The van der Waals surface area contributed by atoms with E-state index in [1.807, 2.05) is 6.92 Å². The van der Waals surface area contributed by atoms with E-state index in [0.717, 1.165) is 6.42 Å². The minimum Gasteiger partial charge on any atom is -0.195 e. The Hall–Kier alpha value is -0.400. The van der Waals surface area contributed by atoms with E-state index in [4.69, 9.17) is 0 Å². The van der Waals surface area contributed by atoms with Gasteiger partial charge in [0.2, 0.25) is 0 Å². The molecule has 0 amide bonds. The van der Waals surface area contributed by atoms with Gasteiger partial charge >= 0.3 is 18.0 Å². The highest BCUT2D eigenvalue weighted by atomic mass is 32.2. The van der Waals surface area contributed by atoms with Crippen LogP contribution in [0.25, 0.3) is 0 Å². The summed E-state index contributed by atoms with van der Waals surface area (Å²) in [5, 5.41) is 0. The quantitative estimate of drug-likeness (QED) is 0.392. The van der Waals surface area contributed by atoms with Gasteiger partial charge in [0, 0.05) is 5.75 Å². The van der Waals surface area contributed by atoms with E-state index < -0.39 is 18.0 Å². The molecule has 0 heterocycles. The summed E-state index contributed by atoms with van der Waals surface area (Å²) in [6, 6.07) is 0. The third kappa shape index (κ3) is 4.40. The fraction of sp³-hybridized carbons (Fsp3) is 0.778. The maximum Gasteiger partial charge on any atom is 0.460 e. The largest absolute Gasteiger partial charge is 0.460 e. The van der Waals surface area contributed by atoms with Gasteiger partial charge in [0.05, 0.1) is 0 Å². The molecule has 0 aliphatic heterocycles. The Morgan fingerprint density at radius 1 is 1.00 bits per heavy atom. The zero-order valence-corrected chi connectivity index (χ0v) is 9.65. The summed E-state index contributed by atoms with van der Waals surface area (Å²) in [5.41, 5.74) is 0. The Kier molecular flexibility index (Phi) is 5.83. The fourth-order valence-corrected chi connectivity index (χ4v) is 1.47. The molecule has 0 aliphatic carbocycles. The third-order valence-corrected chi connectivity index (χ3v) is 2.79. The summed E-state index contributed by atoms with van der Waals surface area (Å²) in [6.45, 7) is 1.82. The smallest absolute Gasteiger partial charge is 0.195 e. The molecule has 0 aromatic heterocycles. The third-order valence-electron chi connectivity index (χ3n) is 1.66. The molecule has 0 nitrogen and oxygen atoms in total. The van der Waals surface area contributed by atoms with Crippen LogP contribution in [0.1, 0.15) is 13.3 Å². The molecule has 0 aromatic carbocycles. The lowest BCUT2D eigenvalue weighted by Crippen LogP contribution is -2.50. The molecule has 0 fully saturated rings. The maximum absolute atomic E-state index is 12.6. The predicted octanol–water partition coefficient (Wildman–Crippen LogP) is 4.52. The van der Waals surface area contributed by atoms with E-state index in [1.165, 1.54) is 11.8 Å². The van der Waals surface area contributed by atoms with Crippen LogP contribution in [0.5, 0.6) is 0 Å². The fourth-order valence-electron chi connectivity index (χ4n) is 0.785. The van der Waals surface area contributed by atoms with Crippen LogP contribution >= 0.6 is 11.8 Å². The number of hydrogen-bond acceptors (Lipinski definition) is 1. The molecular weight excluding hydrogens is 273 g/mol. The molecule has 0 saturated heterocycles. The second-order valence-electron chi connectivity index (χ2n) is 3.17. The number of thioether (sulfide) groups is 1. The van der Waals surface area contributed by atoms with Crippen molar-refractivity contribution in [3.8, 4) is 0 Å². The molecule has 0 N–H and O–H groups in total. The molecule has 102 valence electrons. The number of halogens is 7. The van der Waals surface area contributed by atoms with E-state index >= 15 is 0 Å². The van der Waals surface area contributed by atoms with Crippen molar-refractivity contribution in [3.05, 3.63) is 12.2 Å². The Labute approximate surface area is 98.3 Å². The summed E-state index contributed by atoms with van der Waals surface area (Å²) in [6.07, 6.45) is -5.27. The summed E-state index contributed by atoms with van der Waals surface area (Å²) in [5.74, 6) is -10.7. The zero-order valence-electron chi connectivity index (χ0n) is 8.83. The molecule has 0 saturated carbocycles. The van der Waals surface area contributed by atoms with Crippen molar-refractivity contribution in [1.82, 2.24) is 0 Å². The van der Waals surface area contributed by atoms with Crippen LogP contribution in [-0.2, 0) is 0 Å². The second kappa shape index (κ2) is 5.97. The zero-order chi connectivity index (χ0) is 13.7. The highest BCUT2D eigenvalue weighted by molar-refractivity contribution is 7.99. The molecule has 0 rings (SSSR count). The minimum atomic E-state index is -6.27. The number of alkyl halides is 7. The first-order chi connectivity index (χ1) is 7.56. The summed E-state index contributed by atoms with van der Waals surface area (Å²) in [7, 11) is 0. The van der Waals surface area contributed by atoms with E-state index in [0.29, 0.717) is 11.8 Å². The average molecular weight is 284 g/mol. The molecule has 8 heteroatoms. The van der Waals surface area contributed by atoms with Gasteiger partial charge in [0.25, 0.3) is 0 Å². The van der Waals surface area contributed by atoms with Crippen molar-refractivity contribution in [2.24, 2.45) is 0 Å². The average Bonchev–Trinajstić information content (AvgIpc) is 2.15. The molecule has 0 radical (unpaired) electrons. The Morgan fingerprint density at radius 2 is 1.53 bits per heavy atom. The molecule has 0 atom stereocenters. The molecular formula is C9H11F7S. The van der Waals surface area contributed by atoms with Gasteiger partial charge in [-0.05, 0) is 18.2 Å². The van der Waals surface area contributed by atoms with Crippen LogP contribution in [0.3, 0.4) is 0 Å². The molecule has 0 spiro atoms. The molecule has 0 unspecified atom stereocenters. The van der Waals surface area contributed by atoms with Gasteiger partial charge < -0.3 is 0 Å². The standard InChI is InChI=1S/C9H11F7S/c1-2-5-17-6-3-4-7(10,11)8(12,13)9(14,15)16/h3-4H,2,5-6H2,1H3/b4-3+. The lowest BCUT2D eigenvalue weighted by Gasteiger charge is -2.25. The lowest BCUT2D eigenvalue weighted by molar-refractivity contribution is -0.341. The Bertz CT molecular complexity index is 257. The van der Waals surface area contributed by atoms with Crippen LogP contribution in [0.15, 0.2) is 12.2 Å². The van der Waals surface area contributed by atoms with Crippen molar-refractivity contribution >= 4 is 11.8 Å². The number of rotatable bonds is 6. The Morgan fingerprint density at radius 3 is 1.94 bits per heavy atom. The van der Waals surface area contributed by atoms with Crippen LogP contribution in [0.4, 0.5) is 30.7 Å². The van der Waals surface area contributed by atoms with Crippen LogP contribution < -0.4 is 0 Å². The van der Waals surface area contributed by atoms with E-state index in [2.05, 4.69) is 0 Å². The van der Waals surface area contributed by atoms with Gasteiger partial charge in [0.15, 0.2) is 0 Å². The second-order valence-corrected chi connectivity index (χ2v) is 4.32. The first-order valence-electron chi connectivity index (χ1n) is 4.64. The van der Waals surface area contributed by atoms with Crippen molar-refractivity contribution in [2.45, 2.75) is 31.4 Å². The molecule has 0 aromatic rings. The minimum absolute atomic E-state index is 0.0304. The SMILES string of the molecule is CCCSC/C=C/C(F)(F)C(F)(F)C(F)(F)F. The predicted molar refractivity (Wildman–Crippen MR) is 52.7 cm³/mol. The van der Waals surface area contributed by atoms with Gasteiger partial charge in [-0.25, -0.2) is 0 Å².